The molecule has 0 saturated heterocycles. The highest BCUT2D eigenvalue weighted by Gasteiger charge is 2.08. The van der Waals surface area contributed by atoms with E-state index in [1.807, 2.05) is 6.92 Å². The van der Waals surface area contributed by atoms with Gasteiger partial charge in [0.2, 0.25) is 0 Å². The average Bonchev–Trinajstić information content (AvgIpc) is 2.35. The standard InChI is InChI=1S/C13H19F2NO2/c1-2-17-9-4-7-16-8-10-18-13-11(14)5-3-6-12(13)15/h3,5-6,16H,2,4,7-10H2,1H3. The number of halogens is 2. The number of para-hydroxylation sites is 1. The van der Waals surface area contributed by atoms with E-state index < -0.39 is 11.6 Å². The number of nitrogens with one attached hydrogen (secondary N) is 1. The maximum absolute atomic E-state index is 13.2. The summed E-state index contributed by atoms with van der Waals surface area (Å²) >= 11 is 0. The summed E-state index contributed by atoms with van der Waals surface area (Å²) in [5.74, 6) is -1.66. The molecule has 0 aliphatic heterocycles. The molecule has 0 saturated carbocycles. The van der Waals surface area contributed by atoms with E-state index in [9.17, 15) is 8.78 Å². The second kappa shape index (κ2) is 8.83. The maximum atomic E-state index is 13.2. The molecule has 0 aliphatic rings. The Balaban J connectivity index is 2.11. The first-order valence-corrected chi connectivity index (χ1v) is 6.11. The summed E-state index contributed by atoms with van der Waals surface area (Å²) in [6, 6.07) is 3.66. The van der Waals surface area contributed by atoms with Crippen LogP contribution in [0.2, 0.25) is 0 Å². The monoisotopic (exact) mass is 259 g/mol. The third-order valence-corrected chi connectivity index (χ3v) is 2.29. The Labute approximate surface area is 106 Å². The average molecular weight is 259 g/mol. The predicted octanol–water partition coefficient (Wildman–Crippen LogP) is 2.36. The molecule has 0 heterocycles. The van der Waals surface area contributed by atoms with Gasteiger partial charge in [0.1, 0.15) is 6.61 Å². The highest BCUT2D eigenvalue weighted by molar-refractivity contribution is 5.25. The molecule has 1 rings (SSSR count). The third kappa shape index (κ3) is 5.42. The first-order valence-electron chi connectivity index (χ1n) is 6.11. The van der Waals surface area contributed by atoms with Crippen LogP contribution < -0.4 is 10.1 Å². The molecule has 0 aliphatic carbocycles. The Hall–Kier alpha value is -1.20. The van der Waals surface area contributed by atoms with Crippen molar-refractivity contribution >= 4 is 0 Å². The van der Waals surface area contributed by atoms with Gasteiger partial charge in [-0.3, -0.25) is 0 Å². The van der Waals surface area contributed by atoms with Crippen molar-refractivity contribution in [1.29, 1.82) is 0 Å². The van der Waals surface area contributed by atoms with Gasteiger partial charge in [-0.2, -0.15) is 0 Å². The van der Waals surface area contributed by atoms with E-state index in [0.717, 1.165) is 19.6 Å². The zero-order valence-electron chi connectivity index (χ0n) is 10.5. The highest BCUT2D eigenvalue weighted by atomic mass is 19.1. The summed E-state index contributed by atoms with van der Waals surface area (Å²) in [7, 11) is 0. The Kier molecular flexibility index (Phi) is 7.29. The van der Waals surface area contributed by atoms with Crippen LogP contribution in [0.1, 0.15) is 13.3 Å². The smallest absolute Gasteiger partial charge is 0.190 e. The van der Waals surface area contributed by atoms with Crippen molar-refractivity contribution < 1.29 is 18.3 Å². The number of rotatable bonds is 9. The summed E-state index contributed by atoms with van der Waals surface area (Å²) in [6.45, 7) is 4.95. The van der Waals surface area contributed by atoms with Gasteiger partial charge in [0, 0.05) is 19.8 Å². The van der Waals surface area contributed by atoms with Crippen LogP contribution in [-0.4, -0.2) is 32.9 Å². The fourth-order valence-electron chi connectivity index (χ4n) is 1.41. The molecule has 18 heavy (non-hydrogen) atoms. The molecule has 0 radical (unpaired) electrons. The molecule has 0 spiro atoms. The van der Waals surface area contributed by atoms with Crippen LogP contribution in [0.4, 0.5) is 8.78 Å². The molecule has 1 aromatic rings. The summed E-state index contributed by atoms with van der Waals surface area (Å²) in [5.41, 5.74) is 0. The first-order chi connectivity index (χ1) is 8.75. The van der Waals surface area contributed by atoms with E-state index in [-0.39, 0.29) is 12.4 Å². The first kappa shape index (κ1) is 14.9. The molecular weight excluding hydrogens is 240 g/mol. The molecule has 0 unspecified atom stereocenters. The lowest BCUT2D eigenvalue weighted by atomic mass is 10.3. The van der Waals surface area contributed by atoms with Gasteiger partial charge in [-0.15, -0.1) is 0 Å². The van der Waals surface area contributed by atoms with Crippen molar-refractivity contribution in [1.82, 2.24) is 5.32 Å². The lowest BCUT2D eigenvalue weighted by Crippen LogP contribution is -2.23. The van der Waals surface area contributed by atoms with Crippen molar-refractivity contribution in [3.05, 3.63) is 29.8 Å². The lowest BCUT2D eigenvalue weighted by Gasteiger charge is -2.09. The van der Waals surface area contributed by atoms with Crippen LogP contribution in [0.3, 0.4) is 0 Å². The second-order valence-corrected chi connectivity index (χ2v) is 3.70. The fraction of sp³-hybridized carbons (Fsp3) is 0.538. The van der Waals surface area contributed by atoms with Crippen molar-refractivity contribution in [3.63, 3.8) is 0 Å². The van der Waals surface area contributed by atoms with Crippen LogP contribution in [0.5, 0.6) is 5.75 Å². The second-order valence-electron chi connectivity index (χ2n) is 3.70. The van der Waals surface area contributed by atoms with Crippen LogP contribution in [0.25, 0.3) is 0 Å². The van der Waals surface area contributed by atoms with Gasteiger partial charge in [-0.1, -0.05) is 6.07 Å². The van der Waals surface area contributed by atoms with Crippen LogP contribution in [-0.2, 0) is 4.74 Å². The quantitative estimate of drug-likeness (QED) is 0.691. The summed E-state index contributed by atoms with van der Waals surface area (Å²) in [4.78, 5) is 0. The Morgan fingerprint density at radius 1 is 1.11 bits per heavy atom. The number of hydrogen-bond acceptors (Lipinski definition) is 3. The number of ether oxygens (including phenoxy) is 2. The van der Waals surface area contributed by atoms with E-state index in [4.69, 9.17) is 9.47 Å². The molecule has 3 nitrogen and oxygen atoms in total. The lowest BCUT2D eigenvalue weighted by molar-refractivity contribution is 0.144. The molecule has 5 heteroatoms. The third-order valence-electron chi connectivity index (χ3n) is 2.29. The molecule has 0 fully saturated rings. The minimum absolute atomic E-state index is 0.229. The van der Waals surface area contributed by atoms with Crippen molar-refractivity contribution in [2.24, 2.45) is 0 Å². The highest BCUT2D eigenvalue weighted by Crippen LogP contribution is 2.20. The summed E-state index contributed by atoms with van der Waals surface area (Å²) in [5, 5.41) is 3.10. The van der Waals surface area contributed by atoms with Gasteiger partial charge in [0.25, 0.3) is 0 Å². The SMILES string of the molecule is CCOCCCNCCOc1c(F)cccc1F. The Bertz CT molecular complexity index is 328. The largest absolute Gasteiger partial charge is 0.486 e. The molecule has 1 aromatic carbocycles. The normalized spacial score (nSPS) is 10.6. The fourth-order valence-corrected chi connectivity index (χ4v) is 1.41. The molecule has 0 atom stereocenters. The van der Waals surface area contributed by atoms with Crippen LogP contribution in [0, 0.1) is 11.6 Å². The van der Waals surface area contributed by atoms with Gasteiger partial charge in [0.15, 0.2) is 17.4 Å². The molecule has 0 aromatic heterocycles. The maximum Gasteiger partial charge on any atom is 0.190 e. The van der Waals surface area contributed by atoms with E-state index in [2.05, 4.69) is 5.32 Å². The van der Waals surface area contributed by atoms with Crippen molar-refractivity contribution in [3.8, 4) is 5.75 Å². The zero-order valence-corrected chi connectivity index (χ0v) is 10.5. The van der Waals surface area contributed by atoms with Gasteiger partial charge >= 0.3 is 0 Å². The minimum atomic E-state index is -0.675. The molecule has 1 N–H and O–H groups in total. The topological polar surface area (TPSA) is 30.5 Å². The van der Waals surface area contributed by atoms with Gasteiger partial charge in [-0.05, 0) is 32.0 Å². The van der Waals surface area contributed by atoms with Crippen LogP contribution in [0.15, 0.2) is 18.2 Å². The van der Waals surface area contributed by atoms with E-state index >= 15 is 0 Å². The van der Waals surface area contributed by atoms with Gasteiger partial charge < -0.3 is 14.8 Å². The number of benzene rings is 1. The molecule has 0 bridgehead atoms. The predicted molar refractivity (Wildman–Crippen MR) is 65.8 cm³/mol. The molecule has 102 valence electrons. The summed E-state index contributed by atoms with van der Waals surface area (Å²) in [6.07, 6.45) is 0.905. The summed E-state index contributed by atoms with van der Waals surface area (Å²) < 4.78 is 36.5. The minimum Gasteiger partial charge on any atom is -0.486 e. The Morgan fingerprint density at radius 2 is 1.83 bits per heavy atom. The van der Waals surface area contributed by atoms with Crippen molar-refractivity contribution in [2.45, 2.75) is 13.3 Å². The zero-order chi connectivity index (χ0) is 13.2. The van der Waals surface area contributed by atoms with Gasteiger partial charge in [-0.25, -0.2) is 8.78 Å². The van der Waals surface area contributed by atoms with Crippen LogP contribution >= 0.6 is 0 Å². The Morgan fingerprint density at radius 3 is 2.50 bits per heavy atom. The van der Waals surface area contributed by atoms with Crippen molar-refractivity contribution in [2.75, 3.05) is 32.9 Å². The van der Waals surface area contributed by atoms with E-state index in [1.54, 1.807) is 0 Å². The molecule has 0 amide bonds. The van der Waals surface area contributed by atoms with E-state index in [1.165, 1.54) is 18.2 Å². The molecular formula is C13H19F2NO2. The number of hydrogen-bond donors (Lipinski definition) is 1. The van der Waals surface area contributed by atoms with E-state index in [0.29, 0.717) is 13.2 Å². The van der Waals surface area contributed by atoms with Gasteiger partial charge in [0.05, 0.1) is 0 Å².